The summed E-state index contributed by atoms with van der Waals surface area (Å²) in [5.41, 5.74) is 0.252. The first-order valence-corrected chi connectivity index (χ1v) is 11.5. The Labute approximate surface area is 162 Å². The number of amides is 1. The second kappa shape index (κ2) is 9.83. The van der Waals surface area contributed by atoms with E-state index >= 15 is 0 Å². The van der Waals surface area contributed by atoms with Crippen molar-refractivity contribution in [3.8, 4) is 0 Å². The van der Waals surface area contributed by atoms with Crippen molar-refractivity contribution >= 4 is 23.6 Å². The molecule has 3 fully saturated rings. The highest BCUT2D eigenvalue weighted by Gasteiger charge is 2.38. The van der Waals surface area contributed by atoms with Gasteiger partial charge >= 0.3 is 0 Å². The molecule has 3 aliphatic rings. The molecule has 26 heavy (non-hydrogen) atoms. The molecule has 2 heterocycles. The minimum absolute atomic E-state index is 0.161. The molecule has 0 spiro atoms. The topological polar surface area (TPSA) is 68.8 Å². The van der Waals surface area contributed by atoms with Crippen LogP contribution in [0.2, 0.25) is 0 Å². The molecule has 1 atom stereocenters. The highest BCUT2D eigenvalue weighted by atomic mass is 32.2. The minimum atomic E-state index is 0.161. The van der Waals surface area contributed by atoms with Crippen LogP contribution >= 0.6 is 11.8 Å². The van der Waals surface area contributed by atoms with E-state index in [-0.39, 0.29) is 17.5 Å². The van der Waals surface area contributed by atoms with Gasteiger partial charge in [-0.05, 0) is 26.2 Å². The summed E-state index contributed by atoms with van der Waals surface area (Å²) in [7, 11) is 0. The van der Waals surface area contributed by atoms with E-state index in [0.717, 1.165) is 25.5 Å². The largest absolute Gasteiger partial charge is 0.357 e. The van der Waals surface area contributed by atoms with E-state index in [1.165, 1.54) is 56.7 Å². The Morgan fingerprint density at radius 1 is 1.31 bits per heavy atom. The molecule has 2 aliphatic heterocycles. The summed E-state index contributed by atoms with van der Waals surface area (Å²) in [5, 5.41) is 9.89. The molecule has 2 saturated heterocycles. The van der Waals surface area contributed by atoms with Gasteiger partial charge in [0.05, 0.1) is 6.54 Å². The highest BCUT2D eigenvalue weighted by Crippen LogP contribution is 2.35. The van der Waals surface area contributed by atoms with Crippen molar-refractivity contribution in [2.24, 2.45) is 4.99 Å². The van der Waals surface area contributed by atoms with Gasteiger partial charge in [0.1, 0.15) is 0 Å². The summed E-state index contributed by atoms with van der Waals surface area (Å²) in [6.45, 7) is 6.96. The fraction of sp³-hybridized carbons (Fsp3) is 0.895. The maximum Gasteiger partial charge on any atom is 0.220 e. The monoisotopic (exact) mass is 381 g/mol. The first-order chi connectivity index (χ1) is 12.7. The quantitative estimate of drug-likeness (QED) is 0.498. The number of hydrogen-bond acceptors (Lipinski definition) is 4. The summed E-state index contributed by atoms with van der Waals surface area (Å²) in [6.07, 6.45) is 8.07. The number of rotatable bonds is 5. The second-order valence-electron chi connectivity index (χ2n) is 7.76. The van der Waals surface area contributed by atoms with Gasteiger partial charge < -0.3 is 16.0 Å². The van der Waals surface area contributed by atoms with Crippen LogP contribution in [0.1, 0.15) is 51.9 Å². The molecule has 1 saturated carbocycles. The maximum atomic E-state index is 11.4. The van der Waals surface area contributed by atoms with Crippen molar-refractivity contribution in [1.29, 1.82) is 0 Å². The summed E-state index contributed by atoms with van der Waals surface area (Å²) in [6, 6.07) is 0.277. The summed E-state index contributed by atoms with van der Waals surface area (Å²) in [5.74, 6) is 3.58. The molecule has 7 heteroatoms. The first kappa shape index (κ1) is 19.8. The molecule has 1 unspecified atom stereocenters. The van der Waals surface area contributed by atoms with Crippen molar-refractivity contribution in [1.82, 2.24) is 20.9 Å². The Kier molecular flexibility index (Phi) is 7.49. The zero-order valence-corrected chi connectivity index (χ0v) is 17.0. The molecule has 0 radical (unpaired) electrons. The number of nitrogens with one attached hydrogen (secondary N) is 3. The Morgan fingerprint density at radius 3 is 2.73 bits per heavy atom. The Morgan fingerprint density at radius 2 is 2.08 bits per heavy atom. The van der Waals surface area contributed by atoms with Gasteiger partial charge in [-0.3, -0.25) is 14.7 Å². The Bertz CT molecular complexity index is 476. The smallest absolute Gasteiger partial charge is 0.220 e. The van der Waals surface area contributed by atoms with Crippen molar-refractivity contribution in [2.45, 2.75) is 63.5 Å². The molecular weight excluding hydrogens is 346 g/mol. The van der Waals surface area contributed by atoms with Crippen molar-refractivity contribution in [3.63, 3.8) is 0 Å². The van der Waals surface area contributed by atoms with E-state index in [0.29, 0.717) is 13.0 Å². The van der Waals surface area contributed by atoms with Crippen LogP contribution in [-0.4, -0.2) is 72.6 Å². The molecule has 0 bridgehead atoms. The lowest BCUT2D eigenvalue weighted by atomic mass is 9.80. The SMILES string of the molecule is CCNC(=NCC1(N2CCSCC2)CCCCC1)NC1CCC(=O)NC1. The fourth-order valence-electron chi connectivity index (χ4n) is 4.42. The first-order valence-electron chi connectivity index (χ1n) is 10.4. The third-order valence-electron chi connectivity index (χ3n) is 5.95. The van der Waals surface area contributed by atoms with Crippen molar-refractivity contribution in [2.75, 3.05) is 44.2 Å². The van der Waals surface area contributed by atoms with Gasteiger partial charge in [-0.25, -0.2) is 0 Å². The zero-order valence-electron chi connectivity index (χ0n) is 16.2. The molecule has 1 amide bonds. The molecule has 148 valence electrons. The second-order valence-corrected chi connectivity index (χ2v) is 8.99. The van der Waals surface area contributed by atoms with Crippen LogP contribution in [0, 0.1) is 0 Å². The molecular formula is C19H35N5OS. The zero-order chi connectivity index (χ0) is 18.2. The number of piperidine rings is 1. The van der Waals surface area contributed by atoms with E-state index in [2.05, 4.69) is 39.5 Å². The Balaban J connectivity index is 1.65. The summed E-state index contributed by atoms with van der Waals surface area (Å²) in [4.78, 5) is 19.1. The van der Waals surface area contributed by atoms with E-state index in [1.807, 2.05) is 0 Å². The predicted molar refractivity (Wildman–Crippen MR) is 110 cm³/mol. The van der Waals surface area contributed by atoms with Crippen LogP contribution in [-0.2, 0) is 4.79 Å². The number of carbonyl (C=O) groups excluding carboxylic acids is 1. The van der Waals surface area contributed by atoms with Crippen LogP contribution in [0.5, 0.6) is 0 Å². The summed E-state index contributed by atoms with van der Waals surface area (Å²) < 4.78 is 0. The molecule has 3 rings (SSSR count). The average Bonchev–Trinajstić information content (AvgIpc) is 2.69. The van der Waals surface area contributed by atoms with Gasteiger partial charge in [0.2, 0.25) is 5.91 Å². The molecule has 0 aromatic rings. The molecule has 3 N–H and O–H groups in total. The number of aliphatic imine (C=N–C) groups is 1. The van der Waals surface area contributed by atoms with Crippen molar-refractivity contribution in [3.05, 3.63) is 0 Å². The number of hydrogen-bond donors (Lipinski definition) is 3. The van der Waals surface area contributed by atoms with Crippen LogP contribution < -0.4 is 16.0 Å². The lowest BCUT2D eigenvalue weighted by Gasteiger charge is -2.47. The maximum absolute atomic E-state index is 11.4. The van der Waals surface area contributed by atoms with E-state index < -0.39 is 0 Å². The molecule has 1 aliphatic carbocycles. The third kappa shape index (κ3) is 5.28. The van der Waals surface area contributed by atoms with E-state index in [4.69, 9.17) is 4.99 Å². The van der Waals surface area contributed by atoms with Crippen LogP contribution in [0.4, 0.5) is 0 Å². The van der Waals surface area contributed by atoms with Crippen LogP contribution in [0.3, 0.4) is 0 Å². The van der Waals surface area contributed by atoms with Gasteiger partial charge in [-0.1, -0.05) is 19.3 Å². The Hall–Kier alpha value is -0.950. The van der Waals surface area contributed by atoms with Gasteiger partial charge in [-0.2, -0.15) is 11.8 Å². The number of carbonyl (C=O) groups is 1. The van der Waals surface area contributed by atoms with E-state index in [9.17, 15) is 4.79 Å². The standard InChI is InChI=1S/C19H35N5OS/c1-2-20-18(23-16-6-7-17(25)21-14-16)22-15-19(8-4-3-5-9-19)24-10-12-26-13-11-24/h16H,2-15H2,1H3,(H,21,25)(H2,20,22,23). The average molecular weight is 382 g/mol. The normalized spacial score (nSPS) is 27.7. The third-order valence-corrected chi connectivity index (χ3v) is 6.89. The van der Waals surface area contributed by atoms with Gasteiger partial charge in [-0.15, -0.1) is 0 Å². The number of nitrogens with zero attached hydrogens (tertiary/aromatic N) is 2. The van der Waals surface area contributed by atoms with Gasteiger partial charge in [0.15, 0.2) is 5.96 Å². The lowest BCUT2D eigenvalue weighted by molar-refractivity contribution is -0.122. The molecule has 0 aromatic carbocycles. The van der Waals surface area contributed by atoms with Gasteiger partial charge in [0.25, 0.3) is 0 Å². The fourth-order valence-corrected chi connectivity index (χ4v) is 5.32. The van der Waals surface area contributed by atoms with Crippen LogP contribution in [0.15, 0.2) is 4.99 Å². The minimum Gasteiger partial charge on any atom is -0.357 e. The summed E-state index contributed by atoms with van der Waals surface area (Å²) >= 11 is 2.08. The van der Waals surface area contributed by atoms with Gasteiger partial charge in [0, 0.05) is 55.7 Å². The molecule has 6 nitrogen and oxygen atoms in total. The number of thioether (sulfide) groups is 1. The van der Waals surface area contributed by atoms with E-state index in [1.54, 1.807) is 0 Å². The number of guanidine groups is 1. The van der Waals surface area contributed by atoms with Crippen molar-refractivity contribution < 1.29 is 4.79 Å². The lowest BCUT2D eigenvalue weighted by Crippen LogP contribution is -2.56. The van der Waals surface area contributed by atoms with Crippen LogP contribution in [0.25, 0.3) is 0 Å². The molecule has 0 aromatic heterocycles. The highest BCUT2D eigenvalue weighted by molar-refractivity contribution is 7.99. The predicted octanol–water partition coefficient (Wildman–Crippen LogP) is 1.57.